The highest BCUT2D eigenvalue weighted by molar-refractivity contribution is 6.30. The van der Waals surface area contributed by atoms with Crippen LogP contribution in [0.15, 0.2) is 29.3 Å². The minimum absolute atomic E-state index is 0.540. The highest BCUT2D eigenvalue weighted by atomic mass is 35.5. The van der Waals surface area contributed by atoms with Crippen LogP contribution in [0.25, 0.3) is 0 Å². The molecular weight excluding hydrogens is 342 g/mol. The Labute approximate surface area is 155 Å². The van der Waals surface area contributed by atoms with Crippen LogP contribution < -0.4 is 10.1 Å². The summed E-state index contributed by atoms with van der Waals surface area (Å²) >= 11 is 5.95. The highest BCUT2D eigenvalue weighted by Gasteiger charge is 2.24. The summed E-state index contributed by atoms with van der Waals surface area (Å²) in [5.41, 5.74) is 0. The Hall–Kier alpha value is -1.50. The molecule has 0 radical (unpaired) electrons. The van der Waals surface area contributed by atoms with Crippen LogP contribution in [0.2, 0.25) is 5.02 Å². The lowest BCUT2D eigenvalue weighted by Crippen LogP contribution is -2.41. The average molecular weight is 370 g/mol. The predicted molar refractivity (Wildman–Crippen MR) is 101 cm³/mol. The van der Waals surface area contributed by atoms with Crippen molar-refractivity contribution in [2.24, 2.45) is 10.9 Å². The lowest BCUT2D eigenvalue weighted by Gasteiger charge is -2.21. The molecule has 2 rings (SSSR count). The third-order valence-electron chi connectivity index (χ3n) is 4.03. The van der Waals surface area contributed by atoms with Gasteiger partial charge in [-0.1, -0.05) is 17.7 Å². The molecule has 1 saturated heterocycles. The molecule has 0 aliphatic carbocycles. The summed E-state index contributed by atoms with van der Waals surface area (Å²) in [6.07, 6.45) is 1.12. The van der Waals surface area contributed by atoms with Crippen LogP contribution in [-0.2, 0) is 9.47 Å². The Morgan fingerprint density at radius 1 is 1.36 bits per heavy atom. The number of hydrogen-bond acceptors (Lipinski definition) is 4. The van der Waals surface area contributed by atoms with Gasteiger partial charge < -0.3 is 24.4 Å². The Balaban J connectivity index is 1.65. The van der Waals surface area contributed by atoms with Crippen molar-refractivity contribution in [2.45, 2.75) is 6.42 Å². The highest BCUT2D eigenvalue weighted by Crippen LogP contribution is 2.17. The van der Waals surface area contributed by atoms with Crippen molar-refractivity contribution >= 4 is 17.6 Å². The zero-order valence-corrected chi connectivity index (χ0v) is 15.8. The molecule has 0 spiro atoms. The Morgan fingerprint density at radius 3 is 3.00 bits per heavy atom. The van der Waals surface area contributed by atoms with Gasteiger partial charge in [0.2, 0.25) is 0 Å². The van der Waals surface area contributed by atoms with Crippen molar-refractivity contribution < 1.29 is 14.2 Å². The second-order valence-electron chi connectivity index (χ2n) is 5.95. The summed E-state index contributed by atoms with van der Waals surface area (Å²) in [6.45, 7) is 5.26. The first-order chi connectivity index (χ1) is 12.2. The molecule has 1 aromatic rings. The summed E-state index contributed by atoms with van der Waals surface area (Å²) < 4.78 is 16.3. The number of aliphatic imine (C=N–C) groups is 1. The maximum Gasteiger partial charge on any atom is 0.193 e. The second kappa shape index (κ2) is 11.2. The monoisotopic (exact) mass is 369 g/mol. The van der Waals surface area contributed by atoms with E-state index in [1.807, 2.05) is 31.3 Å². The van der Waals surface area contributed by atoms with Crippen molar-refractivity contribution in [2.75, 3.05) is 60.2 Å². The van der Waals surface area contributed by atoms with Gasteiger partial charge in [-0.25, -0.2) is 0 Å². The fourth-order valence-electron chi connectivity index (χ4n) is 2.77. The quantitative estimate of drug-likeness (QED) is 0.411. The smallest absolute Gasteiger partial charge is 0.193 e. The fourth-order valence-corrected chi connectivity index (χ4v) is 2.95. The van der Waals surface area contributed by atoms with Crippen molar-refractivity contribution in [3.63, 3.8) is 0 Å². The predicted octanol–water partition coefficient (Wildman–Crippen LogP) is 2.28. The zero-order chi connectivity index (χ0) is 17.9. The van der Waals surface area contributed by atoms with Crippen LogP contribution in [0.4, 0.5) is 0 Å². The molecule has 1 aromatic carbocycles. The van der Waals surface area contributed by atoms with Crippen molar-refractivity contribution in [3.8, 4) is 5.75 Å². The lowest BCUT2D eigenvalue weighted by molar-refractivity contribution is 0.0536. The van der Waals surface area contributed by atoms with Crippen LogP contribution in [0.1, 0.15) is 6.42 Å². The van der Waals surface area contributed by atoms with Gasteiger partial charge in [0.05, 0.1) is 26.4 Å². The molecular formula is C18H28ClN3O3. The second-order valence-corrected chi connectivity index (χ2v) is 6.38. The maximum atomic E-state index is 5.95. The van der Waals surface area contributed by atoms with E-state index < -0.39 is 0 Å². The van der Waals surface area contributed by atoms with Gasteiger partial charge in [0, 0.05) is 38.2 Å². The summed E-state index contributed by atoms with van der Waals surface area (Å²) in [4.78, 5) is 6.63. The summed E-state index contributed by atoms with van der Waals surface area (Å²) in [5.74, 6) is 2.23. The zero-order valence-electron chi connectivity index (χ0n) is 15.0. The lowest BCUT2D eigenvalue weighted by atomic mass is 10.1. The number of rotatable bonds is 9. The van der Waals surface area contributed by atoms with Crippen molar-refractivity contribution in [3.05, 3.63) is 29.3 Å². The van der Waals surface area contributed by atoms with Crippen molar-refractivity contribution in [1.82, 2.24) is 10.2 Å². The topological polar surface area (TPSA) is 55.3 Å². The minimum Gasteiger partial charge on any atom is -0.492 e. The number of hydrogen-bond donors (Lipinski definition) is 1. The number of halogens is 1. The summed E-state index contributed by atoms with van der Waals surface area (Å²) in [5, 5.41) is 4.03. The molecule has 1 N–H and O–H groups in total. The molecule has 1 fully saturated rings. The van der Waals surface area contributed by atoms with Crippen LogP contribution in [-0.4, -0.2) is 71.1 Å². The normalized spacial score (nSPS) is 17.8. The Morgan fingerprint density at radius 2 is 2.24 bits per heavy atom. The summed E-state index contributed by atoms with van der Waals surface area (Å²) in [6, 6.07) is 7.42. The molecule has 1 aliphatic heterocycles. The van der Waals surface area contributed by atoms with E-state index in [1.54, 1.807) is 7.11 Å². The van der Waals surface area contributed by atoms with Gasteiger partial charge in [0.25, 0.3) is 0 Å². The van der Waals surface area contributed by atoms with E-state index in [2.05, 4.69) is 15.2 Å². The van der Waals surface area contributed by atoms with E-state index in [9.17, 15) is 0 Å². The molecule has 0 saturated carbocycles. The number of ether oxygens (including phenoxy) is 3. The Kier molecular flexibility index (Phi) is 8.86. The SMILES string of the molecule is CN=C(NCCOc1cccc(Cl)c1)N1CCC(COCCOC)C1. The van der Waals surface area contributed by atoms with E-state index >= 15 is 0 Å². The standard InChI is InChI=1S/C18H28ClN3O3/c1-20-18(21-7-9-25-17-5-3-4-16(19)12-17)22-8-6-15(13-22)14-24-11-10-23-2/h3-5,12,15H,6-11,13-14H2,1-2H3,(H,20,21). The van der Waals surface area contributed by atoms with Crippen LogP contribution in [0.5, 0.6) is 5.75 Å². The largest absolute Gasteiger partial charge is 0.492 e. The number of methoxy groups -OCH3 is 1. The third-order valence-corrected chi connectivity index (χ3v) is 4.27. The van der Waals surface area contributed by atoms with E-state index in [1.165, 1.54) is 0 Å². The van der Waals surface area contributed by atoms with Gasteiger partial charge in [0.15, 0.2) is 5.96 Å². The molecule has 1 unspecified atom stereocenters. The molecule has 25 heavy (non-hydrogen) atoms. The van der Waals surface area contributed by atoms with E-state index in [-0.39, 0.29) is 0 Å². The van der Waals surface area contributed by atoms with Gasteiger partial charge in [0.1, 0.15) is 12.4 Å². The van der Waals surface area contributed by atoms with E-state index in [0.29, 0.717) is 37.3 Å². The first kappa shape index (κ1) is 19.8. The maximum absolute atomic E-state index is 5.95. The molecule has 1 atom stereocenters. The number of likely N-dealkylation sites (tertiary alicyclic amines) is 1. The molecule has 0 bridgehead atoms. The third kappa shape index (κ3) is 7.10. The van der Waals surface area contributed by atoms with Gasteiger partial charge in [-0.3, -0.25) is 4.99 Å². The van der Waals surface area contributed by atoms with Crippen molar-refractivity contribution in [1.29, 1.82) is 0 Å². The average Bonchev–Trinajstić information content (AvgIpc) is 3.07. The molecule has 7 heteroatoms. The van der Waals surface area contributed by atoms with Crippen LogP contribution in [0, 0.1) is 5.92 Å². The van der Waals surface area contributed by atoms with Gasteiger partial charge >= 0.3 is 0 Å². The minimum atomic E-state index is 0.540. The number of benzene rings is 1. The summed E-state index contributed by atoms with van der Waals surface area (Å²) in [7, 11) is 3.50. The fraction of sp³-hybridized carbons (Fsp3) is 0.611. The van der Waals surface area contributed by atoms with E-state index in [4.69, 9.17) is 25.8 Å². The Bertz CT molecular complexity index is 542. The molecule has 0 amide bonds. The number of guanidine groups is 1. The molecule has 6 nitrogen and oxygen atoms in total. The van der Waals surface area contributed by atoms with Crippen LogP contribution in [0.3, 0.4) is 0 Å². The van der Waals surface area contributed by atoms with Crippen LogP contribution >= 0.6 is 11.6 Å². The number of nitrogens with zero attached hydrogens (tertiary/aromatic N) is 2. The molecule has 1 heterocycles. The number of nitrogens with one attached hydrogen (secondary N) is 1. The molecule has 0 aromatic heterocycles. The van der Waals surface area contributed by atoms with Gasteiger partial charge in [-0.2, -0.15) is 0 Å². The molecule has 1 aliphatic rings. The molecule has 140 valence electrons. The van der Waals surface area contributed by atoms with E-state index in [0.717, 1.165) is 37.8 Å². The van der Waals surface area contributed by atoms with Gasteiger partial charge in [-0.15, -0.1) is 0 Å². The first-order valence-electron chi connectivity index (χ1n) is 8.63. The first-order valence-corrected chi connectivity index (χ1v) is 9.01. The van der Waals surface area contributed by atoms with Gasteiger partial charge in [-0.05, 0) is 24.6 Å².